The Morgan fingerprint density at radius 1 is 1.11 bits per heavy atom. The molecule has 0 spiro atoms. The largest absolute Gasteiger partial charge is 0.508 e. The number of ketones is 2. The number of ether oxygens (including phenoxy) is 1. The third kappa shape index (κ3) is 5.01. The van der Waals surface area contributed by atoms with Crippen LogP contribution < -0.4 is 5.32 Å². The van der Waals surface area contributed by atoms with Gasteiger partial charge in [0.25, 0.3) is 5.91 Å². The summed E-state index contributed by atoms with van der Waals surface area (Å²) in [4.78, 5) is 58.6. The number of aliphatic hydroxyl groups is 3. The number of nitrogens with one attached hydrogen (secondary N) is 1. The molecule has 1 aliphatic heterocycles. The van der Waals surface area contributed by atoms with Crippen molar-refractivity contribution in [3.8, 4) is 5.75 Å². The molecule has 250 valence electrons. The second kappa shape index (κ2) is 11.8. The Morgan fingerprint density at radius 3 is 2.30 bits per heavy atom. The Balaban J connectivity index is 1.76. The van der Waals surface area contributed by atoms with Gasteiger partial charge in [-0.1, -0.05) is 46.8 Å². The van der Waals surface area contributed by atoms with E-state index in [1.807, 2.05) is 25.7 Å². The fourth-order valence-corrected chi connectivity index (χ4v) is 7.76. The number of phenolic OH excluding ortho intramolecular Hbond substituents is 1. The summed E-state index contributed by atoms with van der Waals surface area (Å²) < 4.78 is 5.94. The molecule has 0 bridgehead atoms. The summed E-state index contributed by atoms with van der Waals surface area (Å²) in [5.41, 5.74) is -3.60. The van der Waals surface area contributed by atoms with Gasteiger partial charge in [-0.25, -0.2) is 0 Å². The molecule has 1 saturated heterocycles. The van der Waals surface area contributed by atoms with Crippen LogP contribution in [0, 0.1) is 11.8 Å². The van der Waals surface area contributed by atoms with E-state index in [2.05, 4.69) is 5.32 Å². The zero-order valence-electron chi connectivity index (χ0n) is 27.5. The molecule has 12 heteroatoms. The average molecular weight is 640 g/mol. The number of esters is 1. The van der Waals surface area contributed by atoms with E-state index in [0.29, 0.717) is 11.1 Å². The van der Waals surface area contributed by atoms with Crippen LogP contribution in [0.15, 0.2) is 29.0 Å². The monoisotopic (exact) mass is 639 g/mol. The number of rotatable bonds is 6. The summed E-state index contributed by atoms with van der Waals surface area (Å²) in [7, 11) is 3.06. The SMILES string of the molecule is CCC(=O)OC1C2C(=C(O)c3c(ccc(C(C)(C)C)c3O)C2C)C(=O)C2(O)C(O)=C(C(=O)NCN3CCCC3)C(=O)C(N(C)C)C12. The molecule has 46 heavy (non-hydrogen) atoms. The van der Waals surface area contributed by atoms with Gasteiger partial charge in [-0.2, -0.15) is 0 Å². The lowest BCUT2D eigenvalue weighted by atomic mass is 9.54. The lowest BCUT2D eigenvalue weighted by molar-refractivity contribution is -0.185. The number of aromatic hydroxyl groups is 1. The van der Waals surface area contributed by atoms with Gasteiger partial charge in [0.15, 0.2) is 11.4 Å². The van der Waals surface area contributed by atoms with Crippen LogP contribution in [-0.2, 0) is 29.3 Å². The smallest absolute Gasteiger partial charge is 0.305 e. The summed E-state index contributed by atoms with van der Waals surface area (Å²) >= 11 is 0. The first-order chi connectivity index (χ1) is 21.5. The van der Waals surface area contributed by atoms with Gasteiger partial charge in [0, 0.05) is 23.5 Å². The lowest BCUT2D eigenvalue weighted by Crippen LogP contribution is -2.71. The number of Topliss-reactive ketones (excluding diaryl/α,β-unsaturated/α-hetero) is 2. The molecule has 2 fully saturated rings. The Kier molecular flexibility index (Phi) is 8.63. The normalized spacial score (nSPS) is 29.9. The topological polar surface area (TPSA) is 177 Å². The van der Waals surface area contributed by atoms with E-state index in [-0.39, 0.29) is 30.0 Å². The molecular weight excluding hydrogens is 594 g/mol. The van der Waals surface area contributed by atoms with Crippen LogP contribution in [0.4, 0.5) is 0 Å². The number of aliphatic hydroxyl groups excluding tert-OH is 2. The van der Waals surface area contributed by atoms with E-state index in [4.69, 9.17) is 4.74 Å². The Bertz CT molecular complexity index is 1550. The molecule has 1 aromatic rings. The summed E-state index contributed by atoms with van der Waals surface area (Å²) in [5.74, 6) is -8.90. The van der Waals surface area contributed by atoms with Crippen LogP contribution in [0.25, 0.3) is 5.76 Å². The molecule has 0 aromatic heterocycles. The zero-order chi connectivity index (χ0) is 34.0. The number of likely N-dealkylation sites (N-methyl/N-ethyl adjacent to an activating group) is 1. The zero-order valence-corrected chi connectivity index (χ0v) is 27.5. The maximum atomic E-state index is 14.6. The highest BCUT2D eigenvalue weighted by Crippen LogP contribution is 2.57. The number of amides is 1. The highest BCUT2D eigenvalue weighted by atomic mass is 16.5. The van der Waals surface area contributed by atoms with Gasteiger partial charge < -0.3 is 30.5 Å². The second-order valence-electron chi connectivity index (χ2n) is 14.2. The number of nitrogens with zero attached hydrogens (tertiary/aromatic N) is 2. The highest BCUT2D eigenvalue weighted by molar-refractivity contribution is 6.25. The van der Waals surface area contributed by atoms with E-state index < -0.39 is 81.4 Å². The molecule has 1 heterocycles. The van der Waals surface area contributed by atoms with Crippen molar-refractivity contribution in [2.45, 2.75) is 83.0 Å². The average Bonchev–Trinajstić information content (AvgIpc) is 3.50. The predicted octanol–water partition coefficient (Wildman–Crippen LogP) is 2.44. The first-order valence-corrected chi connectivity index (χ1v) is 15.9. The van der Waals surface area contributed by atoms with Crippen molar-refractivity contribution in [3.63, 3.8) is 0 Å². The fourth-order valence-electron chi connectivity index (χ4n) is 7.76. The third-order valence-corrected chi connectivity index (χ3v) is 10.1. The van der Waals surface area contributed by atoms with E-state index >= 15 is 0 Å². The summed E-state index contributed by atoms with van der Waals surface area (Å²) in [6.45, 7) is 10.5. The van der Waals surface area contributed by atoms with E-state index in [0.717, 1.165) is 25.9 Å². The van der Waals surface area contributed by atoms with Crippen LogP contribution >= 0.6 is 0 Å². The number of phenols is 1. The number of fused-ring (bicyclic) bond motifs is 3. The highest BCUT2D eigenvalue weighted by Gasteiger charge is 2.69. The molecular formula is C34H45N3O9. The molecule has 5 rings (SSSR count). The van der Waals surface area contributed by atoms with Crippen molar-refractivity contribution in [3.05, 3.63) is 45.7 Å². The van der Waals surface area contributed by atoms with Gasteiger partial charge in [0.2, 0.25) is 5.78 Å². The third-order valence-electron chi connectivity index (χ3n) is 10.1. The van der Waals surface area contributed by atoms with Crippen LogP contribution in [0.5, 0.6) is 5.75 Å². The Hall–Kier alpha value is -3.74. The van der Waals surface area contributed by atoms with Crippen molar-refractivity contribution >= 4 is 29.2 Å². The minimum atomic E-state index is -2.93. The van der Waals surface area contributed by atoms with Crippen LogP contribution in [0.2, 0.25) is 0 Å². The molecule has 4 aliphatic rings. The molecule has 6 unspecified atom stereocenters. The van der Waals surface area contributed by atoms with Crippen LogP contribution in [0.1, 0.15) is 76.5 Å². The maximum absolute atomic E-state index is 14.6. The minimum absolute atomic E-state index is 0.00485. The fraction of sp³-hybridized carbons (Fsp3) is 0.588. The van der Waals surface area contributed by atoms with Crippen molar-refractivity contribution in [2.75, 3.05) is 33.9 Å². The van der Waals surface area contributed by atoms with Crippen molar-refractivity contribution < 1.29 is 44.3 Å². The number of benzene rings is 1. The molecule has 3 aliphatic carbocycles. The van der Waals surface area contributed by atoms with E-state index in [1.165, 1.54) is 19.0 Å². The van der Waals surface area contributed by atoms with Gasteiger partial charge in [0.05, 0.1) is 24.2 Å². The molecule has 6 atom stereocenters. The van der Waals surface area contributed by atoms with E-state index in [1.54, 1.807) is 26.0 Å². The Morgan fingerprint density at radius 2 is 1.74 bits per heavy atom. The minimum Gasteiger partial charge on any atom is -0.508 e. The van der Waals surface area contributed by atoms with Crippen LogP contribution in [-0.4, -0.2) is 105 Å². The first-order valence-electron chi connectivity index (χ1n) is 15.9. The number of carbonyl (C=O) groups is 4. The predicted molar refractivity (Wildman–Crippen MR) is 168 cm³/mol. The second-order valence-corrected chi connectivity index (χ2v) is 14.2. The summed E-state index contributed by atoms with van der Waals surface area (Å²) in [6, 6.07) is 2.11. The van der Waals surface area contributed by atoms with E-state index in [9.17, 15) is 39.6 Å². The molecule has 1 aromatic carbocycles. The van der Waals surface area contributed by atoms with Gasteiger partial charge in [-0.15, -0.1) is 0 Å². The number of carbonyl (C=O) groups excluding carboxylic acids is 4. The van der Waals surface area contributed by atoms with Crippen LogP contribution in [0.3, 0.4) is 0 Å². The van der Waals surface area contributed by atoms with Crippen molar-refractivity contribution in [1.82, 2.24) is 15.1 Å². The number of hydrogen-bond donors (Lipinski definition) is 5. The molecule has 12 nitrogen and oxygen atoms in total. The summed E-state index contributed by atoms with van der Waals surface area (Å²) in [5, 5.41) is 50.0. The standard InChI is InChI=1S/C34H45N3O9/c1-8-19(38)46-29-20-16(2)17-11-12-18(33(3,4)5)26(39)21(17)27(40)22(20)30(42)34(45)24(29)25(36(6)7)28(41)23(31(34)43)32(44)35-15-37-13-9-10-14-37/h11-12,16,20,24-25,29,39-40,43,45H,8-10,13-15H2,1-7H3,(H,35,44). The molecule has 0 radical (unpaired) electrons. The van der Waals surface area contributed by atoms with Gasteiger partial charge in [0.1, 0.15) is 28.9 Å². The van der Waals surface area contributed by atoms with Gasteiger partial charge >= 0.3 is 5.97 Å². The number of hydrogen-bond acceptors (Lipinski definition) is 11. The lowest BCUT2D eigenvalue weighted by Gasteiger charge is -2.54. The Labute approximate surface area is 268 Å². The van der Waals surface area contributed by atoms with Crippen molar-refractivity contribution in [2.24, 2.45) is 11.8 Å². The quantitative estimate of drug-likeness (QED) is 0.228. The first kappa shape index (κ1) is 33.6. The van der Waals surface area contributed by atoms with Gasteiger partial charge in [-0.3, -0.25) is 29.0 Å². The number of likely N-dealkylation sites (tertiary alicyclic amines) is 1. The molecule has 5 N–H and O–H groups in total. The molecule has 1 amide bonds. The maximum Gasteiger partial charge on any atom is 0.305 e. The molecule has 1 saturated carbocycles. The van der Waals surface area contributed by atoms with Crippen molar-refractivity contribution in [1.29, 1.82) is 0 Å². The van der Waals surface area contributed by atoms with Gasteiger partial charge in [-0.05, 0) is 56.9 Å². The summed E-state index contributed by atoms with van der Waals surface area (Å²) in [6.07, 6.45) is 0.439.